The molecule has 19 heavy (non-hydrogen) atoms. The van der Waals surface area contributed by atoms with Crippen LogP contribution in [-0.4, -0.2) is 24.6 Å². The minimum Gasteiger partial charge on any atom is -0.486 e. The summed E-state index contributed by atoms with van der Waals surface area (Å²) in [6.45, 7) is 0. The number of Topliss-reactive ketones (excluding diaryl/α,β-unsaturated/α-hetero) is 1. The zero-order valence-corrected chi connectivity index (χ0v) is 11.7. The molecular formula is C15H17ClO3. The van der Waals surface area contributed by atoms with Crippen LogP contribution in [0.2, 0.25) is 5.02 Å². The van der Waals surface area contributed by atoms with Crippen LogP contribution in [0.3, 0.4) is 0 Å². The first kappa shape index (κ1) is 12.9. The lowest BCUT2D eigenvalue weighted by molar-refractivity contribution is -0.0466. The fraction of sp³-hybridized carbons (Fsp3) is 0.533. The van der Waals surface area contributed by atoms with Crippen LogP contribution in [0.1, 0.15) is 42.5 Å². The maximum atomic E-state index is 12.3. The Morgan fingerprint density at radius 2 is 2.32 bits per heavy atom. The summed E-state index contributed by atoms with van der Waals surface area (Å²) in [5.74, 6) is 0.790. The van der Waals surface area contributed by atoms with E-state index in [0.717, 1.165) is 25.7 Å². The Morgan fingerprint density at radius 3 is 3.11 bits per heavy atom. The minimum absolute atomic E-state index is 0.125. The standard InChI is InChI=1S/C15H17ClO3/c1-18-11-3-2-6-15(8-11)9-13(17)12-7-10(16)4-5-14(12)19-15/h4-5,7,11H,2-3,6,8-9H2,1H3. The second-order valence-electron chi connectivity index (χ2n) is 5.48. The monoisotopic (exact) mass is 280 g/mol. The molecule has 0 bridgehead atoms. The molecule has 2 unspecified atom stereocenters. The normalized spacial score (nSPS) is 30.0. The van der Waals surface area contributed by atoms with Gasteiger partial charge in [-0.15, -0.1) is 0 Å². The number of halogens is 1. The molecule has 4 heteroatoms. The second kappa shape index (κ2) is 4.80. The Morgan fingerprint density at radius 1 is 1.47 bits per heavy atom. The van der Waals surface area contributed by atoms with E-state index in [2.05, 4.69) is 0 Å². The first-order chi connectivity index (χ1) is 9.12. The maximum Gasteiger partial charge on any atom is 0.170 e. The van der Waals surface area contributed by atoms with Crippen molar-refractivity contribution in [2.24, 2.45) is 0 Å². The minimum atomic E-state index is -0.378. The molecule has 0 amide bonds. The lowest BCUT2D eigenvalue weighted by atomic mass is 9.77. The molecule has 0 N–H and O–H groups in total. The topological polar surface area (TPSA) is 35.5 Å². The zero-order valence-electron chi connectivity index (χ0n) is 10.9. The third-order valence-electron chi connectivity index (χ3n) is 4.14. The summed E-state index contributed by atoms with van der Waals surface area (Å²) >= 11 is 5.94. The van der Waals surface area contributed by atoms with E-state index in [1.165, 1.54) is 0 Å². The first-order valence-electron chi connectivity index (χ1n) is 6.66. The van der Waals surface area contributed by atoms with E-state index in [1.54, 1.807) is 25.3 Å². The van der Waals surface area contributed by atoms with Gasteiger partial charge in [-0.2, -0.15) is 0 Å². The SMILES string of the molecule is COC1CCCC2(CC(=O)c3cc(Cl)ccc3O2)C1. The molecule has 1 spiro atoms. The highest BCUT2D eigenvalue weighted by Gasteiger charge is 2.44. The summed E-state index contributed by atoms with van der Waals surface area (Å²) in [6.07, 6.45) is 4.41. The quantitative estimate of drug-likeness (QED) is 0.788. The van der Waals surface area contributed by atoms with Crippen molar-refractivity contribution in [1.29, 1.82) is 0 Å². The molecule has 0 aromatic heterocycles. The highest BCUT2D eigenvalue weighted by atomic mass is 35.5. The number of methoxy groups -OCH3 is 1. The summed E-state index contributed by atoms with van der Waals surface area (Å²) in [4.78, 5) is 12.3. The van der Waals surface area contributed by atoms with Crippen LogP contribution in [0.4, 0.5) is 0 Å². The van der Waals surface area contributed by atoms with Gasteiger partial charge in [0, 0.05) is 18.6 Å². The van der Waals surface area contributed by atoms with Crippen molar-refractivity contribution in [3.8, 4) is 5.75 Å². The number of carbonyl (C=O) groups is 1. The van der Waals surface area contributed by atoms with Crippen molar-refractivity contribution >= 4 is 17.4 Å². The molecule has 1 aliphatic carbocycles. The van der Waals surface area contributed by atoms with E-state index in [4.69, 9.17) is 21.1 Å². The second-order valence-corrected chi connectivity index (χ2v) is 5.92. The Balaban J connectivity index is 1.92. The highest BCUT2D eigenvalue weighted by molar-refractivity contribution is 6.31. The van der Waals surface area contributed by atoms with Crippen molar-refractivity contribution < 1.29 is 14.3 Å². The van der Waals surface area contributed by atoms with Gasteiger partial charge in [-0.3, -0.25) is 4.79 Å². The maximum absolute atomic E-state index is 12.3. The lowest BCUT2D eigenvalue weighted by Crippen LogP contribution is -2.47. The van der Waals surface area contributed by atoms with Crippen LogP contribution in [0.25, 0.3) is 0 Å². The van der Waals surface area contributed by atoms with Crippen molar-refractivity contribution in [3.05, 3.63) is 28.8 Å². The number of ketones is 1. The van der Waals surface area contributed by atoms with E-state index >= 15 is 0 Å². The first-order valence-corrected chi connectivity index (χ1v) is 7.04. The number of fused-ring (bicyclic) bond motifs is 1. The summed E-state index contributed by atoms with van der Waals surface area (Å²) in [5, 5.41) is 0.574. The number of benzene rings is 1. The van der Waals surface area contributed by atoms with Crippen LogP contribution in [0, 0.1) is 0 Å². The van der Waals surface area contributed by atoms with Gasteiger partial charge in [0.05, 0.1) is 18.1 Å². The predicted molar refractivity (Wildman–Crippen MR) is 73.0 cm³/mol. The third kappa shape index (κ3) is 2.37. The number of hydrogen-bond donors (Lipinski definition) is 0. The smallest absolute Gasteiger partial charge is 0.170 e. The molecular weight excluding hydrogens is 264 g/mol. The Labute approximate surface area is 117 Å². The van der Waals surface area contributed by atoms with Gasteiger partial charge in [-0.05, 0) is 37.5 Å². The van der Waals surface area contributed by atoms with Gasteiger partial charge in [0.2, 0.25) is 0 Å². The summed E-state index contributed by atoms with van der Waals surface area (Å²) in [5.41, 5.74) is 0.231. The number of rotatable bonds is 1. The van der Waals surface area contributed by atoms with Crippen LogP contribution >= 0.6 is 11.6 Å². The Hall–Kier alpha value is -1.06. The highest BCUT2D eigenvalue weighted by Crippen LogP contribution is 2.42. The van der Waals surface area contributed by atoms with Gasteiger partial charge < -0.3 is 9.47 Å². The van der Waals surface area contributed by atoms with Gasteiger partial charge in [0.1, 0.15) is 11.4 Å². The van der Waals surface area contributed by atoms with Crippen molar-refractivity contribution in [3.63, 3.8) is 0 Å². The molecule has 1 aromatic rings. The summed E-state index contributed by atoms with van der Waals surface area (Å²) in [7, 11) is 1.72. The van der Waals surface area contributed by atoms with Gasteiger partial charge in [0.15, 0.2) is 5.78 Å². The van der Waals surface area contributed by atoms with Gasteiger partial charge in [0.25, 0.3) is 0 Å². The fourth-order valence-corrected chi connectivity index (χ4v) is 3.36. The fourth-order valence-electron chi connectivity index (χ4n) is 3.19. The van der Waals surface area contributed by atoms with Gasteiger partial charge in [-0.25, -0.2) is 0 Å². The molecule has 3 rings (SSSR count). The molecule has 0 saturated heterocycles. The van der Waals surface area contributed by atoms with Crippen LogP contribution < -0.4 is 4.74 Å². The molecule has 0 radical (unpaired) electrons. The average molecular weight is 281 g/mol. The van der Waals surface area contributed by atoms with E-state index in [1.807, 2.05) is 0 Å². The molecule has 1 aliphatic heterocycles. The zero-order chi connectivity index (χ0) is 13.5. The molecule has 1 fully saturated rings. The van der Waals surface area contributed by atoms with Gasteiger partial charge >= 0.3 is 0 Å². The van der Waals surface area contributed by atoms with Crippen LogP contribution in [0.5, 0.6) is 5.75 Å². The molecule has 1 heterocycles. The summed E-state index contributed by atoms with van der Waals surface area (Å²) in [6, 6.07) is 5.26. The number of ether oxygens (including phenoxy) is 2. The van der Waals surface area contributed by atoms with E-state index in [9.17, 15) is 4.79 Å². The Bertz CT molecular complexity index is 514. The van der Waals surface area contributed by atoms with Crippen LogP contribution in [-0.2, 0) is 4.74 Å². The molecule has 1 saturated carbocycles. The van der Waals surface area contributed by atoms with Crippen molar-refractivity contribution in [1.82, 2.24) is 0 Å². The summed E-state index contributed by atoms with van der Waals surface area (Å²) < 4.78 is 11.6. The largest absolute Gasteiger partial charge is 0.486 e. The van der Waals surface area contributed by atoms with E-state index in [-0.39, 0.29) is 17.5 Å². The number of carbonyl (C=O) groups excluding carboxylic acids is 1. The average Bonchev–Trinajstić information content (AvgIpc) is 2.40. The molecule has 2 atom stereocenters. The van der Waals surface area contributed by atoms with E-state index in [0.29, 0.717) is 22.8 Å². The molecule has 2 aliphatic rings. The van der Waals surface area contributed by atoms with E-state index < -0.39 is 0 Å². The lowest BCUT2D eigenvalue weighted by Gasteiger charge is -2.43. The predicted octanol–water partition coefficient (Wildman–Crippen LogP) is 3.63. The van der Waals surface area contributed by atoms with Gasteiger partial charge in [-0.1, -0.05) is 11.6 Å². The van der Waals surface area contributed by atoms with Crippen LogP contribution in [0.15, 0.2) is 18.2 Å². The number of hydrogen-bond acceptors (Lipinski definition) is 3. The Kier molecular flexibility index (Phi) is 3.27. The molecule has 102 valence electrons. The molecule has 1 aromatic carbocycles. The molecule has 3 nitrogen and oxygen atoms in total. The third-order valence-corrected chi connectivity index (χ3v) is 4.38. The van der Waals surface area contributed by atoms with Crippen molar-refractivity contribution in [2.45, 2.75) is 43.8 Å². The van der Waals surface area contributed by atoms with Crippen molar-refractivity contribution in [2.75, 3.05) is 7.11 Å².